The Labute approximate surface area is 134 Å². The van der Waals surface area contributed by atoms with Crippen LogP contribution in [0, 0.1) is 5.92 Å². The van der Waals surface area contributed by atoms with E-state index in [1.54, 1.807) is 17.0 Å². The van der Waals surface area contributed by atoms with E-state index in [1.165, 1.54) is 12.1 Å². The van der Waals surface area contributed by atoms with Crippen LogP contribution < -0.4 is 4.74 Å². The summed E-state index contributed by atoms with van der Waals surface area (Å²) < 4.78 is 52.8. The molecule has 2 atom stereocenters. The number of para-hydroxylation sites is 1. The third-order valence-corrected chi connectivity index (χ3v) is 5.42. The summed E-state index contributed by atoms with van der Waals surface area (Å²) in [6.45, 7) is 0.907. The molecule has 23 heavy (non-hydrogen) atoms. The second-order valence-electron chi connectivity index (χ2n) is 5.71. The molecule has 8 heteroatoms. The number of amides is 1. The maximum atomic E-state index is 12.5. The van der Waals surface area contributed by atoms with Crippen molar-refractivity contribution in [3.8, 4) is 5.75 Å². The molecule has 1 heterocycles. The van der Waals surface area contributed by atoms with Gasteiger partial charge in [-0.2, -0.15) is 0 Å². The first kappa shape index (κ1) is 16.3. The number of carbonyl (C=O) groups excluding carboxylic acids is 1. The Morgan fingerprint density at radius 1 is 1.22 bits per heavy atom. The maximum absolute atomic E-state index is 12.5. The first-order valence-corrected chi connectivity index (χ1v) is 8.82. The predicted octanol–water partition coefficient (Wildman–Crippen LogP) is 2.28. The first-order chi connectivity index (χ1) is 10.8. The molecule has 1 aliphatic heterocycles. The highest BCUT2D eigenvalue weighted by Gasteiger charge is 2.48. The van der Waals surface area contributed by atoms with Crippen LogP contribution in [-0.4, -0.2) is 46.0 Å². The molecule has 2 fully saturated rings. The average Bonchev–Trinajstić information content (AvgIpc) is 3.26. The van der Waals surface area contributed by atoms with Crippen molar-refractivity contribution in [2.24, 2.45) is 5.92 Å². The van der Waals surface area contributed by atoms with Gasteiger partial charge in [0.05, 0.1) is 0 Å². The molecule has 2 aliphatic rings. The van der Waals surface area contributed by atoms with Gasteiger partial charge in [0.2, 0.25) is 5.91 Å². The fourth-order valence-corrected chi connectivity index (χ4v) is 3.96. The zero-order valence-electron chi connectivity index (χ0n) is 12.2. The van der Waals surface area contributed by atoms with Crippen molar-refractivity contribution < 1.29 is 26.9 Å². The van der Waals surface area contributed by atoms with Crippen molar-refractivity contribution in [1.29, 1.82) is 0 Å². The van der Waals surface area contributed by atoms with Crippen molar-refractivity contribution in [3.63, 3.8) is 0 Å². The van der Waals surface area contributed by atoms with Gasteiger partial charge in [0.1, 0.15) is 5.75 Å². The Kier molecular flexibility index (Phi) is 4.35. The summed E-state index contributed by atoms with van der Waals surface area (Å²) in [6.07, 6.45) is -4.22. The molecule has 1 amide bonds. The van der Waals surface area contributed by atoms with Gasteiger partial charge < -0.3 is 9.64 Å². The minimum Gasteiger partial charge on any atom is -0.405 e. The summed E-state index contributed by atoms with van der Waals surface area (Å²) >= 11 is 0. The van der Waals surface area contributed by atoms with Crippen LogP contribution in [0.15, 0.2) is 24.3 Å². The lowest BCUT2D eigenvalue weighted by molar-refractivity contribution is -0.274. The van der Waals surface area contributed by atoms with Gasteiger partial charge in [-0.3, -0.25) is 9.00 Å². The molecule has 1 aromatic carbocycles. The molecule has 1 saturated heterocycles. The Balaban J connectivity index is 1.68. The van der Waals surface area contributed by atoms with Crippen LogP contribution in [-0.2, 0) is 15.6 Å². The van der Waals surface area contributed by atoms with E-state index in [-0.39, 0.29) is 23.5 Å². The molecule has 3 rings (SSSR count). The Morgan fingerprint density at radius 3 is 2.52 bits per heavy atom. The van der Waals surface area contributed by atoms with Crippen LogP contribution in [0.2, 0.25) is 0 Å². The standard InChI is InChI=1S/C15H16F3NO3S/c16-15(17,18)22-13-4-2-1-3-10(13)11-9-12(11)14(20)19-5-7-23(21)8-6-19/h1-4,11-12H,5-9H2/t11-,12-/m0/s1. The predicted molar refractivity (Wildman–Crippen MR) is 78.4 cm³/mol. The quantitative estimate of drug-likeness (QED) is 0.843. The average molecular weight is 347 g/mol. The minimum absolute atomic E-state index is 0.0616. The molecule has 1 aliphatic carbocycles. The van der Waals surface area contributed by atoms with Crippen LogP contribution in [0.3, 0.4) is 0 Å². The Hall–Kier alpha value is -1.57. The first-order valence-electron chi connectivity index (χ1n) is 7.33. The summed E-state index contributed by atoms with van der Waals surface area (Å²) in [5.74, 6) is 0.0925. The number of halogens is 3. The van der Waals surface area contributed by atoms with Crippen molar-refractivity contribution in [3.05, 3.63) is 29.8 Å². The molecule has 0 N–H and O–H groups in total. The van der Waals surface area contributed by atoms with E-state index in [2.05, 4.69) is 4.74 Å². The van der Waals surface area contributed by atoms with Crippen molar-refractivity contribution >= 4 is 16.7 Å². The fourth-order valence-electron chi connectivity index (χ4n) is 2.91. The van der Waals surface area contributed by atoms with E-state index >= 15 is 0 Å². The normalized spacial score (nSPS) is 25.3. The molecule has 4 nitrogen and oxygen atoms in total. The molecule has 0 unspecified atom stereocenters. The highest BCUT2D eigenvalue weighted by atomic mass is 32.2. The summed E-state index contributed by atoms with van der Waals surface area (Å²) in [7, 11) is -0.869. The zero-order valence-corrected chi connectivity index (χ0v) is 13.0. The van der Waals surface area contributed by atoms with Crippen molar-refractivity contribution in [2.75, 3.05) is 24.6 Å². The fraction of sp³-hybridized carbons (Fsp3) is 0.533. The van der Waals surface area contributed by atoms with Crippen LogP contribution in [0.1, 0.15) is 17.9 Å². The van der Waals surface area contributed by atoms with Gasteiger partial charge in [0, 0.05) is 41.3 Å². The number of hydrogen-bond donors (Lipinski definition) is 0. The van der Waals surface area contributed by atoms with Crippen LogP contribution in [0.25, 0.3) is 0 Å². The lowest BCUT2D eigenvalue weighted by Gasteiger charge is -2.26. The molecule has 0 radical (unpaired) electrons. The molecule has 1 aromatic rings. The van der Waals surface area contributed by atoms with E-state index in [1.807, 2.05) is 0 Å². The summed E-state index contributed by atoms with van der Waals surface area (Å²) in [5.41, 5.74) is 0.420. The largest absolute Gasteiger partial charge is 0.573 e. The summed E-state index contributed by atoms with van der Waals surface area (Å²) in [5, 5.41) is 0. The molecular weight excluding hydrogens is 331 g/mol. The van der Waals surface area contributed by atoms with Gasteiger partial charge in [0.25, 0.3) is 0 Å². The SMILES string of the molecule is O=C([C@H]1C[C@H]1c1ccccc1OC(F)(F)F)N1CCS(=O)CC1. The van der Waals surface area contributed by atoms with Gasteiger partial charge >= 0.3 is 6.36 Å². The number of alkyl halides is 3. The van der Waals surface area contributed by atoms with Crippen molar-refractivity contribution in [2.45, 2.75) is 18.7 Å². The number of nitrogens with zero attached hydrogens (tertiary/aromatic N) is 1. The second kappa shape index (κ2) is 6.14. The van der Waals surface area contributed by atoms with E-state index < -0.39 is 17.2 Å². The van der Waals surface area contributed by atoms with Gasteiger partial charge in [0.15, 0.2) is 0 Å². The molecule has 126 valence electrons. The van der Waals surface area contributed by atoms with Gasteiger partial charge in [-0.15, -0.1) is 13.2 Å². The van der Waals surface area contributed by atoms with Crippen LogP contribution in [0.5, 0.6) is 5.75 Å². The number of rotatable bonds is 3. The number of hydrogen-bond acceptors (Lipinski definition) is 3. The van der Waals surface area contributed by atoms with E-state index in [4.69, 9.17) is 0 Å². The molecule has 0 spiro atoms. The van der Waals surface area contributed by atoms with Gasteiger partial charge in [-0.1, -0.05) is 18.2 Å². The third kappa shape index (κ3) is 3.85. The smallest absolute Gasteiger partial charge is 0.405 e. The molecule has 0 aromatic heterocycles. The van der Waals surface area contributed by atoms with Crippen molar-refractivity contribution in [1.82, 2.24) is 4.90 Å². The Morgan fingerprint density at radius 2 is 1.87 bits per heavy atom. The van der Waals surface area contributed by atoms with E-state index in [0.29, 0.717) is 36.6 Å². The van der Waals surface area contributed by atoms with Gasteiger partial charge in [-0.05, 0) is 24.0 Å². The third-order valence-electron chi connectivity index (χ3n) is 4.14. The summed E-state index contributed by atoms with van der Waals surface area (Å²) in [4.78, 5) is 14.1. The van der Waals surface area contributed by atoms with E-state index in [0.717, 1.165) is 0 Å². The highest BCUT2D eigenvalue weighted by molar-refractivity contribution is 7.85. The van der Waals surface area contributed by atoms with E-state index in [9.17, 15) is 22.2 Å². The van der Waals surface area contributed by atoms with Gasteiger partial charge in [-0.25, -0.2) is 0 Å². The zero-order chi connectivity index (χ0) is 16.6. The molecule has 0 bridgehead atoms. The number of ether oxygens (including phenoxy) is 1. The lowest BCUT2D eigenvalue weighted by atomic mass is 10.1. The van der Waals surface area contributed by atoms with Crippen LogP contribution >= 0.6 is 0 Å². The topological polar surface area (TPSA) is 46.6 Å². The molecule has 1 saturated carbocycles. The monoisotopic (exact) mass is 347 g/mol. The lowest BCUT2D eigenvalue weighted by Crippen LogP contribution is -2.42. The number of benzene rings is 1. The molecular formula is C15H16F3NO3S. The van der Waals surface area contributed by atoms with Crippen LogP contribution in [0.4, 0.5) is 13.2 Å². The second-order valence-corrected chi connectivity index (χ2v) is 7.40. The highest BCUT2D eigenvalue weighted by Crippen LogP contribution is 2.51. The minimum atomic E-state index is -4.75. The number of carbonyl (C=O) groups is 1. The maximum Gasteiger partial charge on any atom is 0.573 e. The summed E-state index contributed by atoms with van der Waals surface area (Å²) in [6, 6.07) is 5.96. The Bertz CT molecular complexity index is 625.